The third-order valence-electron chi connectivity index (χ3n) is 9.47. The van der Waals surface area contributed by atoms with E-state index in [1.54, 1.807) is 0 Å². The van der Waals surface area contributed by atoms with Crippen LogP contribution in [0.2, 0.25) is 0 Å². The molecule has 9 aromatic rings. The van der Waals surface area contributed by atoms with Crippen molar-refractivity contribution in [1.82, 2.24) is 9.97 Å². The number of fused-ring (bicyclic) bond motifs is 5. The molecule has 0 saturated carbocycles. The Hall–Kier alpha value is -5.67. The maximum atomic E-state index is 6.13. The first-order valence-corrected chi connectivity index (χ1v) is 17.2. The van der Waals surface area contributed by atoms with E-state index in [-0.39, 0.29) is 20.1 Å². The van der Waals surface area contributed by atoms with Gasteiger partial charge < -0.3 is 14.4 Å². The largest absolute Gasteiger partial charge is 0.456 e. The molecule has 3 aromatic heterocycles. The van der Waals surface area contributed by atoms with E-state index >= 15 is 0 Å². The maximum absolute atomic E-state index is 6.13. The molecule has 4 heteroatoms. The molecule has 3 nitrogen and oxygen atoms in total. The molecule has 0 spiro atoms. The minimum atomic E-state index is 0. The summed E-state index contributed by atoms with van der Waals surface area (Å²) in [5.41, 5.74) is 15.5. The van der Waals surface area contributed by atoms with Gasteiger partial charge in [0.2, 0.25) is 0 Å². The molecule has 255 valence electrons. The van der Waals surface area contributed by atoms with Crippen molar-refractivity contribution >= 4 is 32.7 Å². The van der Waals surface area contributed by atoms with Crippen LogP contribution in [0, 0.1) is 39.8 Å². The molecule has 0 saturated heterocycles. The van der Waals surface area contributed by atoms with Crippen LogP contribution < -0.4 is 0 Å². The van der Waals surface area contributed by atoms with E-state index in [4.69, 9.17) is 9.40 Å². The van der Waals surface area contributed by atoms with Gasteiger partial charge in [0.1, 0.15) is 11.2 Å². The Kier molecular flexibility index (Phi) is 9.96. The van der Waals surface area contributed by atoms with Crippen LogP contribution in [0.15, 0.2) is 150 Å². The minimum Gasteiger partial charge on any atom is -0.456 e. The third-order valence-corrected chi connectivity index (χ3v) is 9.47. The fourth-order valence-electron chi connectivity index (χ4n) is 6.91. The molecule has 3 heterocycles. The Morgan fingerprint density at radius 3 is 2.12 bits per heavy atom. The number of furan rings is 1. The van der Waals surface area contributed by atoms with Gasteiger partial charge in [0, 0.05) is 43.3 Å². The van der Waals surface area contributed by atoms with E-state index in [0.717, 1.165) is 44.6 Å². The van der Waals surface area contributed by atoms with Crippen LogP contribution >= 0.6 is 0 Å². The van der Waals surface area contributed by atoms with Crippen LogP contribution in [0.3, 0.4) is 0 Å². The first-order chi connectivity index (χ1) is 24.9. The summed E-state index contributed by atoms with van der Waals surface area (Å²) in [6, 6.07) is 52.9. The summed E-state index contributed by atoms with van der Waals surface area (Å²) in [6.45, 7) is 8.42. The van der Waals surface area contributed by atoms with Crippen molar-refractivity contribution in [3.05, 3.63) is 180 Å². The Morgan fingerprint density at radius 1 is 0.538 bits per heavy atom. The van der Waals surface area contributed by atoms with Crippen molar-refractivity contribution in [2.75, 3.05) is 0 Å². The van der Waals surface area contributed by atoms with Crippen molar-refractivity contribution in [3.63, 3.8) is 0 Å². The summed E-state index contributed by atoms with van der Waals surface area (Å²) in [6.07, 6.45) is 3.78. The molecule has 0 bridgehead atoms. The van der Waals surface area contributed by atoms with Gasteiger partial charge in [-0.1, -0.05) is 85.8 Å². The summed E-state index contributed by atoms with van der Waals surface area (Å²) in [4.78, 5) is 9.06. The summed E-state index contributed by atoms with van der Waals surface area (Å²) < 4.78 is 6.13. The molecule has 0 aliphatic carbocycles. The fourth-order valence-corrected chi connectivity index (χ4v) is 6.91. The average molecular weight is 849 g/mol. The van der Waals surface area contributed by atoms with E-state index in [2.05, 4.69) is 135 Å². The summed E-state index contributed by atoms with van der Waals surface area (Å²) >= 11 is 0. The third kappa shape index (κ3) is 6.84. The Bertz CT molecular complexity index is 2610. The van der Waals surface area contributed by atoms with Gasteiger partial charge >= 0.3 is 0 Å². The molecule has 0 N–H and O–H groups in total. The van der Waals surface area contributed by atoms with Crippen LogP contribution in [0.1, 0.15) is 22.3 Å². The summed E-state index contributed by atoms with van der Waals surface area (Å²) in [7, 11) is 0. The van der Waals surface area contributed by atoms with E-state index < -0.39 is 0 Å². The number of hydrogen-bond acceptors (Lipinski definition) is 3. The van der Waals surface area contributed by atoms with Crippen LogP contribution in [0.5, 0.6) is 0 Å². The summed E-state index contributed by atoms with van der Waals surface area (Å²) in [5.74, 6) is 0. The Balaban J connectivity index is 0.000000236. The van der Waals surface area contributed by atoms with Crippen molar-refractivity contribution < 1.29 is 24.5 Å². The monoisotopic (exact) mass is 849 g/mol. The molecule has 0 amide bonds. The minimum absolute atomic E-state index is 0. The van der Waals surface area contributed by atoms with Crippen LogP contribution in [0.4, 0.5) is 0 Å². The van der Waals surface area contributed by atoms with Crippen molar-refractivity contribution in [3.8, 4) is 44.8 Å². The van der Waals surface area contributed by atoms with E-state index in [0.29, 0.717) is 0 Å². The molecule has 6 aromatic carbocycles. The predicted octanol–water partition coefficient (Wildman–Crippen LogP) is 12.7. The number of para-hydroxylation sites is 1. The second-order valence-corrected chi connectivity index (χ2v) is 13.1. The van der Waals surface area contributed by atoms with Gasteiger partial charge in [-0.05, 0) is 94.5 Å². The first-order valence-electron chi connectivity index (χ1n) is 17.2. The van der Waals surface area contributed by atoms with Gasteiger partial charge in [-0.3, -0.25) is 0 Å². The average Bonchev–Trinajstić information content (AvgIpc) is 3.55. The molecular formula is C48H36IrN2O-2. The second kappa shape index (κ2) is 14.9. The van der Waals surface area contributed by atoms with Crippen LogP contribution in [0.25, 0.3) is 77.5 Å². The molecule has 0 fully saturated rings. The molecular weight excluding hydrogens is 813 g/mol. The number of nitrogens with zero attached hydrogens (tertiary/aromatic N) is 2. The molecule has 9 rings (SSSR count). The molecule has 0 unspecified atom stereocenters. The van der Waals surface area contributed by atoms with Gasteiger partial charge in [-0.15, -0.1) is 70.8 Å². The van der Waals surface area contributed by atoms with Gasteiger partial charge in [-0.2, -0.15) is 0 Å². The number of rotatable bonds is 4. The zero-order valence-corrected chi connectivity index (χ0v) is 31.9. The van der Waals surface area contributed by atoms with Crippen molar-refractivity contribution in [1.29, 1.82) is 0 Å². The summed E-state index contributed by atoms with van der Waals surface area (Å²) in [5, 5.41) is 4.72. The first kappa shape index (κ1) is 34.8. The molecule has 0 atom stereocenters. The van der Waals surface area contributed by atoms with Crippen LogP contribution in [-0.2, 0) is 20.1 Å². The topological polar surface area (TPSA) is 38.9 Å². The number of hydrogen-bond donors (Lipinski definition) is 0. The van der Waals surface area contributed by atoms with Crippen molar-refractivity contribution in [2.45, 2.75) is 27.7 Å². The molecule has 0 aliphatic rings. The smallest absolute Gasteiger partial charge is 0.136 e. The van der Waals surface area contributed by atoms with Crippen molar-refractivity contribution in [2.24, 2.45) is 0 Å². The SMILES string of the molecule is Cc1c[c-]c(-c2ccc(C)cn2)cc1.Cc1cccc(C)c1-c1ccnc(-c2[c-]ccc(-c3cccc4c3ccc3oc5ccccc5c34)c2)c1.[Ir]. The molecule has 0 aliphatic heterocycles. The van der Waals surface area contributed by atoms with E-state index in [1.165, 1.54) is 55.1 Å². The van der Waals surface area contributed by atoms with Gasteiger partial charge in [0.15, 0.2) is 0 Å². The predicted molar refractivity (Wildman–Crippen MR) is 212 cm³/mol. The number of benzene rings is 6. The molecule has 52 heavy (non-hydrogen) atoms. The quantitative estimate of drug-likeness (QED) is 0.166. The zero-order chi connectivity index (χ0) is 34.9. The Labute approximate surface area is 318 Å². The standard InChI is InChI=1S/C35H24NO.C13H12N.Ir/c1-22-8-5-9-23(2)34(22)26-18-19-36-31(21-26)25-11-6-10-24(20-25)27-13-7-14-29-28(27)16-17-33-35(29)30-12-3-4-15-32(30)37-33;1-10-3-6-12(7-4-10)13-8-5-11(2)9-14-13;/h3-10,12-21H,1-2H3;3-6,8-9H,1-2H3;/q2*-1;. The second-order valence-electron chi connectivity index (χ2n) is 13.1. The Morgan fingerprint density at radius 2 is 1.33 bits per heavy atom. The number of aromatic nitrogens is 2. The maximum Gasteiger partial charge on any atom is 0.136 e. The zero-order valence-electron chi connectivity index (χ0n) is 29.5. The normalized spacial score (nSPS) is 10.9. The molecule has 1 radical (unpaired) electrons. The fraction of sp³-hybridized carbons (Fsp3) is 0.0833. The van der Waals surface area contributed by atoms with E-state index in [1.807, 2.05) is 55.7 Å². The van der Waals surface area contributed by atoms with Crippen LogP contribution in [-0.4, -0.2) is 9.97 Å². The van der Waals surface area contributed by atoms with Gasteiger partial charge in [0.05, 0.1) is 0 Å². The van der Waals surface area contributed by atoms with Gasteiger partial charge in [-0.25, -0.2) is 0 Å². The van der Waals surface area contributed by atoms with E-state index in [9.17, 15) is 0 Å². The number of pyridine rings is 2. The van der Waals surface area contributed by atoms with Gasteiger partial charge in [0.25, 0.3) is 0 Å². The number of aryl methyl sites for hydroxylation is 4.